The normalized spacial score (nSPS) is 9.71. The number of amides is 1. The third kappa shape index (κ3) is 4.15. The van der Waals surface area contributed by atoms with Crippen molar-refractivity contribution in [2.24, 2.45) is 5.73 Å². The first-order valence-electron chi connectivity index (χ1n) is 4.56. The van der Waals surface area contributed by atoms with Crippen molar-refractivity contribution in [1.29, 1.82) is 0 Å². The van der Waals surface area contributed by atoms with E-state index in [0.717, 1.165) is 0 Å². The number of hydrogen-bond acceptors (Lipinski definition) is 5. The van der Waals surface area contributed by atoms with Crippen LogP contribution in [0.4, 0.5) is 10.6 Å². The van der Waals surface area contributed by atoms with Gasteiger partial charge in [-0.3, -0.25) is 0 Å². The summed E-state index contributed by atoms with van der Waals surface area (Å²) in [6.45, 7) is 0.318. The molecule has 0 saturated heterocycles. The van der Waals surface area contributed by atoms with E-state index in [-0.39, 0.29) is 23.9 Å². The number of carbonyl (C=O) groups excluding carboxylic acids is 1. The zero-order valence-corrected chi connectivity index (χ0v) is 9.40. The first-order chi connectivity index (χ1) is 8.00. The molecule has 1 aromatic heterocycles. The van der Waals surface area contributed by atoms with Crippen molar-refractivity contribution >= 4 is 29.5 Å². The van der Waals surface area contributed by atoms with Crippen molar-refractivity contribution in [2.45, 2.75) is 0 Å². The molecular formula is C9H10ClN3O4. The van der Waals surface area contributed by atoms with Gasteiger partial charge in [-0.25, -0.2) is 14.6 Å². The molecule has 0 aromatic carbocycles. The van der Waals surface area contributed by atoms with Gasteiger partial charge >= 0.3 is 12.1 Å². The molecule has 0 unspecified atom stereocenters. The summed E-state index contributed by atoms with van der Waals surface area (Å²) in [7, 11) is 0. The van der Waals surface area contributed by atoms with E-state index in [1.54, 1.807) is 0 Å². The standard InChI is InChI=1S/C9H10ClN3O4/c10-5-1-2-6(13-7(5)8(14)15)12-3-4-17-9(11)16/h1-2H,3-4H2,(H2,11,16)(H,12,13)(H,14,15). The van der Waals surface area contributed by atoms with Crippen molar-refractivity contribution in [1.82, 2.24) is 4.98 Å². The first-order valence-corrected chi connectivity index (χ1v) is 4.94. The summed E-state index contributed by atoms with van der Waals surface area (Å²) in [6.07, 6.45) is -0.873. The number of rotatable bonds is 5. The summed E-state index contributed by atoms with van der Waals surface area (Å²) in [5.74, 6) is -0.896. The van der Waals surface area contributed by atoms with E-state index in [4.69, 9.17) is 22.4 Å². The molecule has 1 heterocycles. The number of hydrogen-bond donors (Lipinski definition) is 3. The van der Waals surface area contributed by atoms with Crippen LogP contribution in [-0.4, -0.2) is 35.3 Å². The van der Waals surface area contributed by atoms with Crippen LogP contribution in [0.5, 0.6) is 0 Å². The van der Waals surface area contributed by atoms with Gasteiger partial charge in [-0.05, 0) is 12.1 Å². The van der Waals surface area contributed by atoms with Crippen LogP contribution in [0.1, 0.15) is 10.5 Å². The monoisotopic (exact) mass is 259 g/mol. The average Bonchev–Trinajstić information content (AvgIpc) is 2.25. The zero-order valence-electron chi connectivity index (χ0n) is 8.64. The lowest BCUT2D eigenvalue weighted by Gasteiger charge is -2.06. The van der Waals surface area contributed by atoms with E-state index in [9.17, 15) is 9.59 Å². The minimum Gasteiger partial charge on any atom is -0.476 e. The third-order valence-corrected chi connectivity index (χ3v) is 2.01. The molecule has 92 valence electrons. The van der Waals surface area contributed by atoms with Gasteiger partial charge in [0, 0.05) is 0 Å². The molecule has 0 atom stereocenters. The van der Waals surface area contributed by atoms with Crippen molar-refractivity contribution in [3.8, 4) is 0 Å². The maximum absolute atomic E-state index is 10.7. The van der Waals surface area contributed by atoms with Gasteiger partial charge in [0.2, 0.25) is 0 Å². The fraction of sp³-hybridized carbons (Fsp3) is 0.222. The van der Waals surface area contributed by atoms with E-state index >= 15 is 0 Å². The van der Waals surface area contributed by atoms with Gasteiger partial charge in [-0.2, -0.15) is 0 Å². The summed E-state index contributed by atoms with van der Waals surface area (Å²) in [4.78, 5) is 24.8. The number of primary amides is 1. The number of aromatic carboxylic acids is 1. The van der Waals surface area contributed by atoms with E-state index < -0.39 is 12.1 Å². The summed E-state index contributed by atoms with van der Waals surface area (Å²) >= 11 is 5.64. The van der Waals surface area contributed by atoms with Crippen LogP contribution in [0, 0.1) is 0 Å². The molecule has 1 rings (SSSR count). The number of ether oxygens (including phenoxy) is 1. The lowest BCUT2D eigenvalue weighted by Crippen LogP contribution is -2.19. The second kappa shape index (κ2) is 5.90. The van der Waals surface area contributed by atoms with Gasteiger partial charge in [0.25, 0.3) is 0 Å². The molecule has 0 aliphatic carbocycles. The highest BCUT2D eigenvalue weighted by molar-refractivity contribution is 6.33. The second-order valence-corrected chi connectivity index (χ2v) is 3.33. The van der Waals surface area contributed by atoms with Crippen LogP contribution in [0.3, 0.4) is 0 Å². The Kier molecular flexibility index (Phi) is 4.53. The van der Waals surface area contributed by atoms with E-state index in [0.29, 0.717) is 5.82 Å². The lowest BCUT2D eigenvalue weighted by molar-refractivity contribution is 0.0691. The topological polar surface area (TPSA) is 115 Å². The highest BCUT2D eigenvalue weighted by atomic mass is 35.5. The molecule has 7 nitrogen and oxygen atoms in total. The van der Waals surface area contributed by atoms with Gasteiger partial charge in [0.15, 0.2) is 5.69 Å². The minimum atomic E-state index is -1.22. The highest BCUT2D eigenvalue weighted by Gasteiger charge is 2.11. The molecule has 0 fully saturated rings. The fourth-order valence-electron chi connectivity index (χ4n) is 1.02. The summed E-state index contributed by atoms with van der Waals surface area (Å²) in [6, 6.07) is 2.92. The Balaban J connectivity index is 2.57. The van der Waals surface area contributed by atoms with Crippen molar-refractivity contribution in [3.63, 3.8) is 0 Å². The minimum absolute atomic E-state index is 0.0523. The molecule has 0 aliphatic rings. The first kappa shape index (κ1) is 13.0. The Bertz CT molecular complexity index is 438. The van der Waals surface area contributed by atoms with Gasteiger partial charge in [0.1, 0.15) is 12.4 Å². The SMILES string of the molecule is NC(=O)OCCNc1ccc(Cl)c(C(=O)O)n1. The zero-order chi connectivity index (χ0) is 12.8. The molecule has 0 saturated carbocycles. The van der Waals surface area contributed by atoms with Crippen LogP contribution >= 0.6 is 11.6 Å². The van der Waals surface area contributed by atoms with Crippen LogP contribution in [0.2, 0.25) is 5.02 Å². The van der Waals surface area contributed by atoms with Crippen LogP contribution in [-0.2, 0) is 4.74 Å². The fourth-order valence-corrected chi connectivity index (χ4v) is 1.21. The Morgan fingerprint density at radius 1 is 1.53 bits per heavy atom. The maximum Gasteiger partial charge on any atom is 0.404 e. The molecule has 1 amide bonds. The van der Waals surface area contributed by atoms with Crippen LogP contribution in [0.15, 0.2) is 12.1 Å². The number of pyridine rings is 1. The predicted molar refractivity (Wildman–Crippen MR) is 60.2 cm³/mol. The number of nitrogens with one attached hydrogen (secondary N) is 1. The summed E-state index contributed by atoms with van der Waals surface area (Å²) in [5.41, 5.74) is 4.51. The molecule has 8 heteroatoms. The van der Waals surface area contributed by atoms with Gasteiger partial charge in [0.05, 0.1) is 11.6 Å². The molecule has 17 heavy (non-hydrogen) atoms. The number of nitrogens with zero attached hydrogens (tertiary/aromatic N) is 1. The summed E-state index contributed by atoms with van der Waals surface area (Å²) < 4.78 is 4.47. The number of nitrogens with two attached hydrogens (primary N) is 1. The molecule has 1 aromatic rings. The Morgan fingerprint density at radius 2 is 2.24 bits per heavy atom. The van der Waals surface area contributed by atoms with E-state index in [1.165, 1.54) is 12.1 Å². The van der Waals surface area contributed by atoms with Gasteiger partial charge in [-0.1, -0.05) is 11.6 Å². The van der Waals surface area contributed by atoms with Crippen LogP contribution < -0.4 is 11.1 Å². The van der Waals surface area contributed by atoms with Crippen molar-refractivity contribution < 1.29 is 19.4 Å². The number of anilines is 1. The largest absolute Gasteiger partial charge is 0.476 e. The predicted octanol–water partition coefficient (Wildman–Crippen LogP) is 0.940. The maximum atomic E-state index is 10.7. The van der Waals surface area contributed by atoms with Crippen LogP contribution in [0.25, 0.3) is 0 Å². The third-order valence-electron chi connectivity index (χ3n) is 1.70. The smallest absolute Gasteiger partial charge is 0.404 e. The highest BCUT2D eigenvalue weighted by Crippen LogP contribution is 2.16. The molecule has 0 aliphatic heterocycles. The Morgan fingerprint density at radius 3 is 2.82 bits per heavy atom. The Labute approximate surface area is 102 Å². The number of carbonyl (C=O) groups is 2. The van der Waals surface area contributed by atoms with E-state index in [1.807, 2.05) is 0 Å². The lowest BCUT2D eigenvalue weighted by atomic mass is 10.3. The number of aromatic nitrogens is 1. The number of halogens is 1. The van der Waals surface area contributed by atoms with Crippen molar-refractivity contribution in [3.05, 3.63) is 22.8 Å². The molecule has 0 radical (unpaired) electrons. The average molecular weight is 260 g/mol. The molecule has 0 spiro atoms. The Hall–Kier alpha value is -2.02. The van der Waals surface area contributed by atoms with E-state index in [2.05, 4.69) is 15.0 Å². The van der Waals surface area contributed by atoms with Gasteiger partial charge in [-0.15, -0.1) is 0 Å². The molecular weight excluding hydrogens is 250 g/mol. The molecule has 4 N–H and O–H groups in total. The number of carboxylic acid groups (broad SMARTS) is 1. The van der Waals surface area contributed by atoms with Gasteiger partial charge < -0.3 is 20.9 Å². The quantitative estimate of drug-likeness (QED) is 0.678. The number of carboxylic acids is 1. The van der Waals surface area contributed by atoms with Crippen molar-refractivity contribution in [2.75, 3.05) is 18.5 Å². The second-order valence-electron chi connectivity index (χ2n) is 2.93. The summed E-state index contributed by atoms with van der Waals surface area (Å²) in [5, 5.41) is 11.6. The molecule has 0 bridgehead atoms.